The lowest BCUT2D eigenvalue weighted by atomic mass is 9.82. The quantitative estimate of drug-likeness (QED) is 0.0460. The minimum atomic E-state index is -1.16. The number of carbonyl (C=O) groups is 2. The van der Waals surface area contributed by atoms with Crippen LogP contribution in [-0.2, 0) is 16.5 Å². The summed E-state index contributed by atoms with van der Waals surface area (Å²) in [5, 5.41) is 35.9. The number of aromatic nitrogens is 2. The molecule has 318 valence electrons. The van der Waals surface area contributed by atoms with Gasteiger partial charge in [0, 0.05) is 71.4 Å². The van der Waals surface area contributed by atoms with Crippen molar-refractivity contribution < 1.29 is 38.4 Å². The first kappa shape index (κ1) is 41.7. The third-order valence-corrected chi connectivity index (χ3v) is 11.8. The van der Waals surface area contributed by atoms with Crippen LogP contribution in [0.1, 0.15) is 53.0 Å². The van der Waals surface area contributed by atoms with Gasteiger partial charge < -0.3 is 49.7 Å². The van der Waals surface area contributed by atoms with Crippen LogP contribution in [0, 0.1) is 0 Å². The number of rotatable bonds is 15. The van der Waals surface area contributed by atoms with Crippen molar-refractivity contribution in [3.05, 3.63) is 94.3 Å². The number of carboxylic acids is 1. The summed E-state index contributed by atoms with van der Waals surface area (Å²) >= 11 is 5.46. The molecule has 0 spiro atoms. The number of piperidine rings is 2. The Morgan fingerprint density at radius 2 is 1.66 bits per heavy atom. The molecule has 2 fully saturated rings. The van der Waals surface area contributed by atoms with Crippen molar-refractivity contribution in [2.24, 2.45) is 7.05 Å². The van der Waals surface area contributed by atoms with Gasteiger partial charge in [-0.05, 0) is 93.0 Å². The summed E-state index contributed by atoms with van der Waals surface area (Å²) in [5.41, 5.74) is 3.16. The Labute approximate surface area is 356 Å². The topological polar surface area (TPSA) is 190 Å². The molecule has 3 atom stereocenters. The molecule has 2 bridgehead atoms. The van der Waals surface area contributed by atoms with Crippen molar-refractivity contribution in [1.82, 2.24) is 25.3 Å². The zero-order valence-corrected chi connectivity index (χ0v) is 34.8. The van der Waals surface area contributed by atoms with Gasteiger partial charge in [0.1, 0.15) is 35.0 Å². The lowest BCUT2D eigenvalue weighted by molar-refractivity contribution is 0.0382. The predicted molar refractivity (Wildman–Crippen MR) is 235 cm³/mol. The fourth-order valence-corrected chi connectivity index (χ4v) is 8.90. The molecule has 5 N–H and O–H groups in total. The number of nitrogens with one attached hydrogen (secondary N) is 3. The van der Waals surface area contributed by atoms with E-state index in [1.165, 1.54) is 49.6 Å². The summed E-state index contributed by atoms with van der Waals surface area (Å²) in [7, 11) is 4.02. The molecule has 1 amide bonds. The Morgan fingerprint density at radius 3 is 2.44 bits per heavy atom. The van der Waals surface area contributed by atoms with E-state index in [0.717, 1.165) is 23.7 Å². The molecule has 0 saturated carbocycles. The Kier molecular flexibility index (Phi) is 12.5. The zero-order chi connectivity index (χ0) is 42.6. The lowest BCUT2D eigenvalue weighted by Crippen LogP contribution is -2.55. The van der Waals surface area contributed by atoms with Crippen LogP contribution < -0.4 is 26.1 Å². The first-order valence-electron chi connectivity index (χ1n) is 20.4. The molecule has 1 aliphatic carbocycles. The molecular formula is C45H48N6O9S. The molecule has 1 aromatic heterocycles. The molecule has 8 rings (SSSR count). The molecule has 16 heteroatoms. The number of aromatic carboxylic acids is 1. The van der Waals surface area contributed by atoms with Gasteiger partial charge in [-0.1, -0.05) is 24.6 Å². The molecule has 0 radical (unpaired) electrons. The summed E-state index contributed by atoms with van der Waals surface area (Å²) in [6.45, 7) is 2.09. The normalized spacial score (nSPS) is 17.7. The van der Waals surface area contributed by atoms with Crippen LogP contribution in [0.5, 0.6) is 11.5 Å². The van der Waals surface area contributed by atoms with Crippen LogP contribution >= 0.6 is 12.2 Å². The van der Waals surface area contributed by atoms with Crippen molar-refractivity contribution in [3.8, 4) is 33.9 Å². The smallest absolute Gasteiger partial charge is 0.336 e. The molecule has 3 aromatic carbocycles. The number of para-hydroxylation sites is 1. The summed E-state index contributed by atoms with van der Waals surface area (Å²) in [6, 6.07) is 20.6. The SMILES string of the molecule is CN1[C@@H]2CCC[C@H]1CC(NC(=O)c1nn(C)c3c(OCCOCCOCCNC(=S)Nc4ccc(-c5c6ccc(=O)cc-6oc6cc(O)ccc56)c(C(=O)O)c4)cccc13)C2. The fraction of sp³-hybridized carbons (Fsp3) is 0.356. The number of amides is 1. The third-order valence-electron chi connectivity index (χ3n) is 11.6. The lowest BCUT2D eigenvalue weighted by Gasteiger charge is -2.47. The number of fused-ring (bicyclic) bond motifs is 5. The molecule has 15 nitrogen and oxygen atoms in total. The van der Waals surface area contributed by atoms with Crippen LogP contribution in [0.25, 0.3) is 44.3 Å². The minimum Gasteiger partial charge on any atom is -0.508 e. The molecular weight excluding hydrogens is 801 g/mol. The second kappa shape index (κ2) is 18.3. The van der Waals surface area contributed by atoms with E-state index in [0.29, 0.717) is 96.5 Å². The summed E-state index contributed by atoms with van der Waals surface area (Å²) < 4.78 is 25.1. The van der Waals surface area contributed by atoms with Gasteiger partial charge in [-0.3, -0.25) is 14.3 Å². The van der Waals surface area contributed by atoms with Gasteiger partial charge in [0.2, 0.25) is 0 Å². The Morgan fingerprint density at radius 1 is 0.902 bits per heavy atom. The van der Waals surface area contributed by atoms with Gasteiger partial charge in [-0.15, -0.1) is 0 Å². The third kappa shape index (κ3) is 9.17. The monoisotopic (exact) mass is 848 g/mol. The number of aromatic hydroxyl groups is 1. The number of nitrogens with zero attached hydrogens (tertiary/aromatic N) is 3. The summed E-state index contributed by atoms with van der Waals surface area (Å²) in [4.78, 5) is 40.6. The second-order valence-corrected chi connectivity index (χ2v) is 15.9. The summed E-state index contributed by atoms with van der Waals surface area (Å²) in [5.74, 6) is -0.447. The van der Waals surface area contributed by atoms with Gasteiger partial charge in [0.15, 0.2) is 16.2 Å². The number of benzene rings is 4. The number of hydrogen-bond donors (Lipinski definition) is 5. The number of carboxylic acid groups (broad SMARTS) is 1. The Bertz CT molecular complexity index is 2610. The van der Waals surface area contributed by atoms with Crippen LogP contribution in [0.15, 0.2) is 82.0 Å². The fourth-order valence-electron chi connectivity index (χ4n) is 8.68. The highest BCUT2D eigenvalue weighted by Crippen LogP contribution is 2.42. The minimum absolute atomic E-state index is 0.00180. The number of hydrogen-bond acceptors (Lipinski definition) is 11. The van der Waals surface area contributed by atoms with Crippen LogP contribution in [-0.4, -0.2) is 107 Å². The van der Waals surface area contributed by atoms with Crippen molar-refractivity contribution in [3.63, 3.8) is 0 Å². The molecule has 3 aliphatic heterocycles. The van der Waals surface area contributed by atoms with E-state index in [4.69, 9.17) is 30.8 Å². The van der Waals surface area contributed by atoms with Crippen LogP contribution in [0.3, 0.4) is 0 Å². The highest BCUT2D eigenvalue weighted by Gasteiger charge is 2.37. The maximum atomic E-state index is 13.4. The largest absolute Gasteiger partial charge is 0.508 e. The van der Waals surface area contributed by atoms with E-state index in [1.54, 1.807) is 28.9 Å². The number of aryl methyl sites for hydroxylation is 1. The van der Waals surface area contributed by atoms with E-state index in [1.807, 2.05) is 25.2 Å². The summed E-state index contributed by atoms with van der Waals surface area (Å²) in [6.07, 6.45) is 5.55. The maximum Gasteiger partial charge on any atom is 0.336 e. The van der Waals surface area contributed by atoms with Crippen molar-refractivity contribution >= 4 is 56.8 Å². The predicted octanol–water partition coefficient (Wildman–Crippen LogP) is 6.00. The van der Waals surface area contributed by atoms with Gasteiger partial charge in [0.05, 0.1) is 32.0 Å². The van der Waals surface area contributed by atoms with Gasteiger partial charge in [0.25, 0.3) is 5.91 Å². The number of phenolic OH excluding ortho intramolecular Hbond substituents is 1. The number of phenols is 1. The van der Waals surface area contributed by atoms with E-state index < -0.39 is 5.97 Å². The van der Waals surface area contributed by atoms with E-state index >= 15 is 0 Å². The molecule has 4 aromatic rings. The number of thiocarbonyl (C=S) groups is 1. The van der Waals surface area contributed by atoms with Crippen molar-refractivity contribution in [2.45, 2.75) is 50.2 Å². The first-order chi connectivity index (χ1) is 29.5. The highest BCUT2D eigenvalue weighted by molar-refractivity contribution is 7.80. The molecule has 4 aliphatic rings. The molecule has 1 unspecified atom stereocenters. The van der Waals surface area contributed by atoms with Gasteiger partial charge in [-0.2, -0.15) is 5.10 Å². The van der Waals surface area contributed by atoms with Crippen molar-refractivity contribution in [2.75, 3.05) is 51.9 Å². The Hall–Kier alpha value is -6.07. The van der Waals surface area contributed by atoms with E-state index in [9.17, 15) is 24.6 Å². The average molecular weight is 849 g/mol. The molecule has 61 heavy (non-hydrogen) atoms. The number of ether oxygens (including phenoxy) is 3. The molecule has 4 heterocycles. The number of carbonyl (C=O) groups excluding carboxylic acids is 1. The van der Waals surface area contributed by atoms with Gasteiger partial charge >= 0.3 is 5.97 Å². The highest BCUT2D eigenvalue weighted by atomic mass is 32.1. The van der Waals surface area contributed by atoms with E-state index in [-0.39, 0.29) is 39.6 Å². The van der Waals surface area contributed by atoms with E-state index in [2.05, 4.69) is 33.0 Å². The Balaban J connectivity index is 0.771. The molecule has 2 saturated heterocycles. The average Bonchev–Trinajstić information content (AvgIpc) is 3.57. The first-order valence-corrected chi connectivity index (χ1v) is 20.8. The van der Waals surface area contributed by atoms with Crippen LogP contribution in [0.2, 0.25) is 0 Å². The van der Waals surface area contributed by atoms with Crippen LogP contribution in [0.4, 0.5) is 5.69 Å². The van der Waals surface area contributed by atoms with Crippen molar-refractivity contribution in [1.29, 1.82) is 0 Å². The maximum absolute atomic E-state index is 13.4. The number of anilines is 1. The standard InChI is InChI=1S/C45H48N6O9S/c1-50-28-5-3-6-29(50)22-27(21-28)47-43(54)41-35-7-4-8-37(42(35)51(2)49-41)59-20-19-58-18-17-57-16-15-46-45(61)48-26-9-12-32(36(23-26)44(55)56)40-33-13-10-30(52)24-38(33)60-39-25-31(53)11-14-34(39)40/h4,7-14,23-25,27-29,52H,3,5-6,15-22H2,1-2H3,(H,47,54)(H,55,56)(H2,46,48,61)/t27?,28-,29+. The van der Waals surface area contributed by atoms with Gasteiger partial charge in [-0.25, -0.2) is 4.79 Å². The zero-order valence-electron chi connectivity index (χ0n) is 33.9. The second-order valence-electron chi connectivity index (χ2n) is 15.5.